The third-order valence-electron chi connectivity index (χ3n) is 5.96. The number of terminal acetylenes is 1. The van der Waals surface area contributed by atoms with Crippen molar-refractivity contribution >= 4 is 27.6 Å². The number of hydrogen-bond acceptors (Lipinski definition) is 8. The Kier molecular flexibility index (Phi) is 10.1. The number of aliphatic hydroxyl groups excluding tert-OH is 1. The van der Waals surface area contributed by atoms with E-state index < -0.39 is 6.10 Å². The van der Waals surface area contributed by atoms with Crippen molar-refractivity contribution in [2.45, 2.75) is 19.1 Å². The number of benzene rings is 2. The summed E-state index contributed by atoms with van der Waals surface area (Å²) in [6.45, 7) is 5.93. The van der Waals surface area contributed by atoms with Crippen molar-refractivity contribution in [1.29, 1.82) is 0 Å². The molecular weight excluding hydrogens is 534 g/mol. The van der Waals surface area contributed by atoms with Crippen LogP contribution >= 0.6 is 15.9 Å². The maximum atomic E-state index is 10.6. The van der Waals surface area contributed by atoms with Crippen LogP contribution in [0.2, 0.25) is 0 Å². The number of rotatable bonds is 11. The lowest BCUT2D eigenvalue weighted by Crippen LogP contribution is -2.38. The van der Waals surface area contributed by atoms with E-state index in [0.717, 1.165) is 44.8 Å². The first-order valence-electron chi connectivity index (χ1n) is 12.3. The molecule has 4 rings (SSSR count). The highest BCUT2D eigenvalue weighted by Gasteiger charge is 2.18. The molecule has 1 aromatic heterocycles. The van der Waals surface area contributed by atoms with Gasteiger partial charge in [-0.3, -0.25) is 9.80 Å². The average molecular weight is 567 g/mol. The molecule has 0 aliphatic carbocycles. The van der Waals surface area contributed by atoms with Gasteiger partial charge in [-0.1, -0.05) is 36.3 Å². The Morgan fingerprint density at radius 3 is 2.57 bits per heavy atom. The molecule has 1 unspecified atom stereocenters. The fourth-order valence-electron chi connectivity index (χ4n) is 4.14. The van der Waals surface area contributed by atoms with Crippen LogP contribution in [0.3, 0.4) is 0 Å². The summed E-state index contributed by atoms with van der Waals surface area (Å²) in [5, 5.41) is 13.7. The zero-order chi connectivity index (χ0) is 25.9. The molecule has 1 saturated heterocycles. The lowest BCUT2D eigenvalue weighted by molar-refractivity contribution is 0.0693. The lowest BCUT2D eigenvalue weighted by atomic mass is 10.2. The van der Waals surface area contributed by atoms with Crippen LogP contribution in [-0.2, 0) is 6.54 Å². The van der Waals surface area contributed by atoms with Crippen molar-refractivity contribution in [3.63, 3.8) is 0 Å². The van der Waals surface area contributed by atoms with Gasteiger partial charge < -0.3 is 19.9 Å². The molecule has 1 atom stereocenters. The predicted molar refractivity (Wildman–Crippen MR) is 148 cm³/mol. The molecule has 194 valence electrons. The van der Waals surface area contributed by atoms with Crippen LogP contribution in [0.4, 0.5) is 11.6 Å². The van der Waals surface area contributed by atoms with E-state index in [1.165, 1.54) is 5.56 Å². The van der Waals surface area contributed by atoms with Crippen molar-refractivity contribution < 1.29 is 14.6 Å². The van der Waals surface area contributed by atoms with Gasteiger partial charge in [0.25, 0.3) is 0 Å². The number of anilines is 2. The molecule has 0 saturated carbocycles. The second kappa shape index (κ2) is 14.0. The summed E-state index contributed by atoms with van der Waals surface area (Å²) in [4.78, 5) is 13.4. The monoisotopic (exact) mass is 565 g/mol. The average Bonchev–Trinajstić information content (AvgIpc) is 3.14. The van der Waals surface area contributed by atoms with Gasteiger partial charge in [0.15, 0.2) is 6.61 Å². The standard InChI is InChI=1S/C28H32BrN5O3/c1-2-17-36-27-26(29)18-30-28(32-27)31-23-9-11-25(12-10-23)37-21-24(35)20-34-14-6-13-33(15-16-34)19-22-7-4-3-5-8-22/h1,3-5,7-12,18,24,35H,6,13-17,19-21H2,(H,30,31,32). The molecule has 0 radical (unpaired) electrons. The van der Waals surface area contributed by atoms with Crippen LogP contribution in [0, 0.1) is 12.3 Å². The first-order chi connectivity index (χ1) is 18.1. The van der Waals surface area contributed by atoms with Gasteiger partial charge in [-0.05, 0) is 65.3 Å². The van der Waals surface area contributed by atoms with Crippen molar-refractivity contribution in [2.75, 3.05) is 51.3 Å². The highest BCUT2D eigenvalue weighted by atomic mass is 79.9. The molecule has 0 amide bonds. The van der Waals surface area contributed by atoms with Gasteiger partial charge in [0.05, 0.1) is 10.7 Å². The van der Waals surface area contributed by atoms with Crippen LogP contribution in [0.5, 0.6) is 11.6 Å². The van der Waals surface area contributed by atoms with Gasteiger partial charge in [0, 0.05) is 31.9 Å². The SMILES string of the molecule is C#CCOc1nc(Nc2ccc(OCC(O)CN3CCCN(Cc4ccccc4)CC3)cc2)ncc1Br. The minimum Gasteiger partial charge on any atom is -0.491 e. The van der Waals surface area contributed by atoms with Gasteiger partial charge >= 0.3 is 0 Å². The summed E-state index contributed by atoms with van der Waals surface area (Å²) in [5.74, 6) is 3.86. The highest BCUT2D eigenvalue weighted by Crippen LogP contribution is 2.24. The van der Waals surface area contributed by atoms with E-state index in [4.69, 9.17) is 15.9 Å². The number of halogens is 1. The van der Waals surface area contributed by atoms with Crippen molar-refractivity contribution in [3.05, 3.63) is 70.8 Å². The van der Waals surface area contributed by atoms with E-state index in [-0.39, 0.29) is 13.2 Å². The Hall–Kier alpha value is -3.16. The minimum absolute atomic E-state index is 0.122. The molecular formula is C28H32BrN5O3. The Balaban J connectivity index is 1.20. The number of aromatic nitrogens is 2. The van der Waals surface area contributed by atoms with E-state index >= 15 is 0 Å². The minimum atomic E-state index is -0.559. The number of nitrogens with zero attached hydrogens (tertiary/aromatic N) is 4. The van der Waals surface area contributed by atoms with Gasteiger partial charge in [0.1, 0.15) is 18.5 Å². The molecule has 0 bridgehead atoms. The number of nitrogens with one attached hydrogen (secondary N) is 1. The molecule has 1 aliphatic rings. The number of ether oxygens (including phenoxy) is 2. The summed E-state index contributed by atoms with van der Waals surface area (Å²) >= 11 is 3.35. The highest BCUT2D eigenvalue weighted by molar-refractivity contribution is 9.10. The second-order valence-corrected chi connectivity index (χ2v) is 9.72. The van der Waals surface area contributed by atoms with Crippen molar-refractivity contribution in [3.8, 4) is 24.0 Å². The Morgan fingerprint density at radius 2 is 1.78 bits per heavy atom. The summed E-state index contributed by atoms with van der Waals surface area (Å²) in [7, 11) is 0. The maximum Gasteiger partial charge on any atom is 0.233 e. The van der Waals surface area contributed by atoms with Crippen LogP contribution in [-0.4, -0.2) is 76.9 Å². The molecule has 1 aliphatic heterocycles. The van der Waals surface area contributed by atoms with E-state index in [1.54, 1.807) is 6.20 Å². The van der Waals surface area contributed by atoms with Crippen molar-refractivity contribution in [2.24, 2.45) is 0 Å². The summed E-state index contributed by atoms with van der Waals surface area (Å²) in [6, 6.07) is 18.0. The van der Waals surface area contributed by atoms with E-state index in [1.807, 2.05) is 24.3 Å². The van der Waals surface area contributed by atoms with E-state index in [9.17, 15) is 5.11 Å². The van der Waals surface area contributed by atoms with Gasteiger partial charge in [-0.15, -0.1) is 6.42 Å². The first-order valence-corrected chi connectivity index (χ1v) is 13.1. The maximum absolute atomic E-state index is 10.6. The molecule has 2 N–H and O–H groups in total. The fraction of sp³-hybridized carbons (Fsp3) is 0.357. The quantitative estimate of drug-likeness (QED) is 0.338. The molecule has 3 aromatic rings. The Bertz CT molecular complexity index is 1160. The van der Waals surface area contributed by atoms with Gasteiger partial charge in [-0.2, -0.15) is 4.98 Å². The molecule has 9 heteroatoms. The second-order valence-electron chi connectivity index (χ2n) is 8.87. The largest absolute Gasteiger partial charge is 0.491 e. The predicted octanol–water partition coefficient (Wildman–Crippen LogP) is 3.94. The smallest absolute Gasteiger partial charge is 0.233 e. The third kappa shape index (κ3) is 8.72. The van der Waals surface area contributed by atoms with E-state index in [0.29, 0.717) is 28.6 Å². The summed E-state index contributed by atoms with van der Waals surface area (Å²) < 4.78 is 11.9. The van der Waals surface area contributed by atoms with Crippen molar-refractivity contribution in [1.82, 2.24) is 19.8 Å². The zero-order valence-electron chi connectivity index (χ0n) is 20.7. The van der Waals surface area contributed by atoms with Crippen LogP contribution < -0.4 is 14.8 Å². The third-order valence-corrected chi connectivity index (χ3v) is 6.50. The van der Waals surface area contributed by atoms with E-state index in [2.05, 4.69) is 77.3 Å². The zero-order valence-corrected chi connectivity index (χ0v) is 22.3. The van der Waals surface area contributed by atoms with Crippen LogP contribution in [0.25, 0.3) is 0 Å². The molecule has 37 heavy (non-hydrogen) atoms. The fourth-order valence-corrected chi connectivity index (χ4v) is 4.44. The Morgan fingerprint density at radius 1 is 1.03 bits per heavy atom. The summed E-state index contributed by atoms with van der Waals surface area (Å²) in [5.41, 5.74) is 2.14. The molecule has 8 nitrogen and oxygen atoms in total. The first kappa shape index (κ1) is 26.9. The molecule has 2 aromatic carbocycles. The number of β-amino-alcohol motifs (C(OH)–C–C–N with tert-alkyl or cyclic N) is 1. The van der Waals surface area contributed by atoms with Gasteiger partial charge in [-0.25, -0.2) is 4.98 Å². The van der Waals surface area contributed by atoms with Crippen LogP contribution in [0.15, 0.2) is 65.3 Å². The summed E-state index contributed by atoms with van der Waals surface area (Å²) in [6.07, 6.45) is 7.38. The molecule has 0 spiro atoms. The Labute approximate surface area is 226 Å². The topological polar surface area (TPSA) is 83.0 Å². The molecule has 2 heterocycles. The van der Waals surface area contributed by atoms with Crippen LogP contribution in [0.1, 0.15) is 12.0 Å². The molecule has 1 fully saturated rings. The van der Waals surface area contributed by atoms with Gasteiger partial charge in [0.2, 0.25) is 11.8 Å². The number of hydrogen-bond donors (Lipinski definition) is 2. The normalized spacial score (nSPS) is 15.4. The lowest BCUT2D eigenvalue weighted by Gasteiger charge is -2.24. The number of aliphatic hydroxyl groups is 1.